The number of aryl methyl sites for hydroxylation is 1. The Morgan fingerprint density at radius 2 is 1.87 bits per heavy atom. The number of fused-ring (bicyclic) bond motifs is 1. The number of aromatic nitrogens is 3. The van der Waals surface area contributed by atoms with Crippen molar-refractivity contribution in [1.29, 1.82) is 0 Å². The lowest BCUT2D eigenvalue weighted by Gasteiger charge is -2.24. The molecule has 11 nitrogen and oxygen atoms in total. The van der Waals surface area contributed by atoms with Crippen molar-refractivity contribution in [3.05, 3.63) is 39.5 Å². The van der Waals surface area contributed by atoms with Gasteiger partial charge in [0.15, 0.2) is 11.6 Å². The summed E-state index contributed by atoms with van der Waals surface area (Å²) in [6, 6.07) is 2.05. The number of methoxy groups -OCH3 is 2. The standard InChI is InChI=1S/C25H29ClFN5O6/c1-25(2,3)38-24(34)30-15-11-37-10-14(15)29-23-28-9-12-7-13(22(33)32(4)21(12)31-23)18-19(26)16(35-5)8-17(36-6)20(18)27/h7-9,14-15H,10-11H2,1-6H3,(H,30,34)(H,28,29,31). The van der Waals surface area contributed by atoms with Crippen LogP contribution in [0.3, 0.4) is 0 Å². The van der Waals surface area contributed by atoms with Crippen LogP contribution in [0.15, 0.2) is 23.1 Å². The molecule has 204 valence electrons. The van der Waals surface area contributed by atoms with E-state index in [1.807, 2.05) is 0 Å². The van der Waals surface area contributed by atoms with E-state index in [1.165, 1.54) is 44.2 Å². The smallest absolute Gasteiger partial charge is 0.408 e. The van der Waals surface area contributed by atoms with E-state index in [4.69, 9.17) is 30.5 Å². The Morgan fingerprint density at radius 1 is 1.18 bits per heavy atom. The summed E-state index contributed by atoms with van der Waals surface area (Å²) in [6.45, 7) is 5.91. The van der Waals surface area contributed by atoms with Crippen LogP contribution >= 0.6 is 11.6 Å². The average Bonchev–Trinajstić information content (AvgIpc) is 3.27. The van der Waals surface area contributed by atoms with E-state index < -0.39 is 23.1 Å². The fraction of sp³-hybridized carbons (Fsp3) is 0.440. The minimum Gasteiger partial charge on any atom is -0.495 e. The highest BCUT2D eigenvalue weighted by molar-refractivity contribution is 6.35. The van der Waals surface area contributed by atoms with Crippen molar-refractivity contribution in [3.8, 4) is 22.6 Å². The monoisotopic (exact) mass is 549 g/mol. The predicted molar refractivity (Wildman–Crippen MR) is 140 cm³/mol. The van der Waals surface area contributed by atoms with Gasteiger partial charge in [0.2, 0.25) is 5.95 Å². The molecule has 38 heavy (non-hydrogen) atoms. The maximum atomic E-state index is 15.3. The third-order valence-corrected chi connectivity index (χ3v) is 6.26. The van der Waals surface area contributed by atoms with Gasteiger partial charge in [-0.05, 0) is 26.8 Å². The van der Waals surface area contributed by atoms with Crippen molar-refractivity contribution >= 4 is 34.7 Å². The fourth-order valence-electron chi connectivity index (χ4n) is 4.08. The van der Waals surface area contributed by atoms with E-state index in [-0.39, 0.29) is 52.3 Å². The Hall–Kier alpha value is -3.64. The molecule has 0 aliphatic carbocycles. The second kappa shape index (κ2) is 10.6. The summed E-state index contributed by atoms with van der Waals surface area (Å²) >= 11 is 6.40. The first-order chi connectivity index (χ1) is 17.9. The van der Waals surface area contributed by atoms with Crippen LogP contribution in [0.25, 0.3) is 22.2 Å². The lowest BCUT2D eigenvalue weighted by molar-refractivity contribution is 0.0497. The molecule has 3 heterocycles. The van der Waals surface area contributed by atoms with Crippen LogP contribution in [0.4, 0.5) is 15.1 Å². The van der Waals surface area contributed by atoms with Gasteiger partial charge in [-0.2, -0.15) is 4.98 Å². The van der Waals surface area contributed by atoms with E-state index in [2.05, 4.69) is 20.6 Å². The van der Waals surface area contributed by atoms with Crippen molar-refractivity contribution in [3.63, 3.8) is 0 Å². The van der Waals surface area contributed by atoms with Gasteiger partial charge < -0.3 is 29.6 Å². The van der Waals surface area contributed by atoms with E-state index in [1.54, 1.807) is 20.8 Å². The van der Waals surface area contributed by atoms with Crippen LogP contribution in [0.2, 0.25) is 5.02 Å². The van der Waals surface area contributed by atoms with E-state index in [0.29, 0.717) is 17.6 Å². The van der Waals surface area contributed by atoms with Crippen molar-refractivity contribution < 1.29 is 28.1 Å². The zero-order chi connectivity index (χ0) is 27.8. The molecular weight excluding hydrogens is 521 g/mol. The van der Waals surface area contributed by atoms with Crippen LogP contribution in [0, 0.1) is 5.82 Å². The molecule has 1 aliphatic heterocycles. The number of pyridine rings is 1. The number of hydrogen-bond acceptors (Lipinski definition) is 9. The fourth-order valence-corrected chi connectivity index (χ4v) is 4.40. The lowest BCUT2D eigenvalue weighted by atomic mass is 10.0. The minimum absolute atomic E-state index is 0.00479. The summed E-state index contributed by atoms with van der Waals surface area (Å²) in [5.41, 5.74) is -1.02. The molecule has 0 spiro atoms. The lowest BCUT2D eigenvalue weighted by Crippen LogP contribution is -2.47. The second-order valence-electron chi connectivity index (χ2n) is 9.72. The van der Waals surface area contributed by atoms with Crippen LogP contribution in [0.5, 0.6) is 11.5 Å². The summed E-state index contributed by atoms with van der Waals surface area (Å²) in [6.07, 6.45) is 0.942. The first-order valence-corrected chi connectivity index (χ1v) is 12.1. The number of anilines is 1. The number of rotatable bonds is 6. The van der Waals surface area contributed by atoms with E-state index in [9.17, 15) is 9.59 Å². The van der Waals surface area contributed by atoms with Crippen molar-refractivity contribution in [1.82, 2.24) is 19.9 Å². The molecule has 0 bridgehead atoms. The van der Waals surface area contributed by atoms with Crippen LogP contribution in [-0.4, -0.2) is 65.7 Å². The van der Waals surface area contributed by atoms with Gasteiger partial charge in [0, 0.05) is 30.3 Å². The Morgan fingerprint density at radius 3 is 2.53 bits per heavy atom. The molecule has 3 aromatic rings. The zero-order valence-electron chi connectivity index (χ0n) is 21.8. The molecule has 1 fully saturated rings. The van der Waals surface area contributed by atoms with E-state index >= 15 is 4.39 Å². The van der Waals surface area contributed by atoms with Crippen LogP contribution in [-0.2, 0) is 16.5 Å². The quantitative estimate of drug-likeness (QED) is 0.475. The molecule has 2 atom stereocenters. The molecule has 1 saturated heterocycles. The number of nitrogens with one attached hydrogen (secondary N) is 2. The van der Waals surface area contributed by atoms with Gasteiger partial charge in [-0.15, -0.1) is 0 Å². The summed E-state index contributed by atoms with van der Waals surface area (Å²) < 4.78 is 37.7. The largest absolute Gasteiger partial charge is 0.495 e. The number of carbonyl (C=O) groups is 1. The number of ether oxygens (including phenoxy) is 4. The number of amides is 1. The van der Waals surface area contributed by atoms with Crippen LogP contribution < -0.4 is 25.7 Å². The summed E-state index contributed by atoms with van der Waals surface area (Å²) in [7, 11) is 4.20. The average molecular weight is 550 g/mol. The molecular formula is C25H29ClFN5O6. The molecule has 1 amide bonds. The van der Waals surface area contributed by atoms with Crippen molar-refractivity contribution in [2.75, 3.05) is 32.8 Å². The molecule has 13 heteroatoms. The summed E-state index contributed by atoms with van der Waals surface area (Å²) in [4.78, 5) is 34.4. The highest BCUT2D eigenvalue weighted by atomic mass is 35.5. The Balaban J connectivity index is 1.66. The van der Waals surface area contributed by atoms with Gasteiger partial charge >= 0.3 is 6.09 Å². The number of hydrogen-bond donors (Lipinski definition) is 2. The van der Waals surface area contributed by atoms with Crippen molar-refractivity contribution in [2.24, 2.45) is 7.05 Å². The number of nitrogens with zero attached hydrogens (tertiary/aromatic N) is 3. The van der Waals surface area contributed by atoms with Gasteiger partial charge in [0.25, 0.3) is 5.56 Å². The SMILES string of the molecule is COc1cc(OC)c(Cl)c(-c2cc3cnc(NC4COCC4NC(=O)OC(C)(C)C)nc3n(C)c2=O)c1F. The minimum atomic E-state index is -0.793. The van der Waals surface area contributed by atoms with Gasteiger partial charge in [-0.25, -0.2) is 14.2 Å². The molecule has 2 N–H and O–H groups in total. The highest BCUT2D eigenvalue weighted by Crippen LogP contribution is 2.41. The summed E-state index contributed by atoms with van der Waals surface area (Å²) in [5.74, 6) is -0.531. The van der Waals surface area contributed by atoms with Gasteiger partial charge in [-0.1, -0.05) is 11.6 Å². The van der Waals surface area contributed by atoms with Crippen LogP contribution in [0.1, 0.15) is 20.8 Å². The predicted octanol–water partition coefficient (Wildman–Crippen LogP) is 3.51. The number of carbonyl (C=O) groups excluding carboxylic acids is 1. The Bertz CT molecular complexity index is 1410. The molecule has 0 radical (unpaired) electrons. The molecule has 2 unspecified atom stereocenters. The first-order valence-electron chi connectivity index (χ1n) is 11.7. The topological polar surface area (TPSA) is 126 Å². The molecule has 4 rings (SSSR count). The second-order valence-corrected chi connectivity index (χ2v) is 10.1. The number of benzene rings is 1. The Kier molecular flexibility index (Phi) is 7.65. The summed E-state index contributed by atoms with van der Waals surface area (Å²) in [5, 5.41) is 6.34. The highest BCUT2D eigenvalue weighted by Gasteiger charge is 2.32. The third kappa shape index (κ3) is 5.46. The molecule has 1 aliphatic rings. The Labute approximate surface area is 223 Å². The van der Waals surface area contributed by atoms with Gasteiger partial charge in [0.1, 0.15) is 17.0 Å². The van der Waals surface area contributed by atoms with E-state index in [0.717, 1.165) is 0 Å². The maximum Gasteiger partial charge on any atom is 0.408 e. The number of halogens is 2. The third-order valence-electron chi connectivity index (χ3n) is 5.89. The molecule has 0 saturated carbocycles. The first kappa shape index (κ1) is 27.4. The molecule has 1 aromatic carbocycles. The number of alkyl carbamates (subject to hydrolysis) is 1. The zero-order valence-corrected chi connectivity index (χ0v) is 22.6. The van der Waals surface area contributed by atoms with Gasteiger partial charge in [-0.3, -0.25) is 9.36 Å². The van der Waals surface area contributed by atoms with Crippen molar-refractivity contribution in [2.45, 2.75) is 38.5 Å². The maximum absolute atomic E-state index is 15.3. The normalized spacial score (nSPS) is 17.4. The van der Waals surface area contributed by atoms with Gasteiger partial charge in [0.05, 0.1) is 50.1 Å². The molecule has 2 aromatic heterocycles.